The molecule has 1 aromatic rings. The molecule has 2 fully saturated rings. The van der Waals surface area contributed by atoms with Crippen LogP contribution in [0.1, 0.15) is 62.3 Å². The van der Waals surface area contributed by atoms with Crippen LogP contribution >= 0.6 is 0 Å². The molecule has 17 heavy (non-hydrogen) atoms. The number of aromatic amines is 1. The second-order valence-electron chi connectivity index (χ2n) is 4.94. The summed E-state index contributed by atoms with van der Waals surface area (Å²) in [4.78, 5) is 4.60. The average Bonchev–Trinajstić information content (AvgIpc) is 2.90. The maximum Gasteiger partial charge on any atom is 0.167 e. The van der Waals surface area contributed by atoms with E-state index in [1.165, 1.54) is 25.7 Å². The molecule has 5 nitrogen and oxygen atoms in total. The highest BCUT2D eigenvalue weighted by Crippen LogP contribution is 2.27. The Balaban J connectivity index is 1.68. The summed E-state index contributed by atoms with van der Waals surface area (Å²) in [5.74, 6) is 1.82. The number of nitrogens with one attached hydrogen (secondary N) is 2. The molecule has 0 radical (unpaired) electrons. The summed E-state index contributed by atoms with van der Waals surface area (Å²) in [6.07, 6.45) is 7.26. The first-order valence-corrected chi connectivity index (χ1v) is 6.70. The fourth-order valence-electron chi connectivity index (χ4n) is 2.62. The summed E-state index contributed by atoms with van der Waals surface area (Å²) in [6, 6.07) is 0.331. The third-order valence-electron chi connectivity index (χ3n) is 3.63. The highest BCUT2D eigenvalue weighted by Gasteiger charge is 2.23. The standard InChI is InChI=1S/C12H20N4O/c1-3-7-13-9(5-1)11-14-12(16-15-11)10-6-2-4-8-17-10/h9-10,13H,1-8H2,(H,14,15,16). The molecule has 0 bridgehead atoms. The predicted octanol–water partition coefficient (Wildman–Crippen LogP) is 1.86. The van der Waals surface area contributed by atoms with Gasteiger partial charge in [-0.3, -0.25) is 5.10 Å². The predicted molar refractivity (Wildman–Crippen MR) is 63.5 cm³/mol. The Kier molecular flexibility index (Phi) is 3.38. The van der Waals surface area contributed by atoms with Gasteiger partial charge in [0.2, 0.25) is 0 Å². The van der Waals surface area contributed by atoms with Gasteiger partial charge in [0.15, 0.2) is 11.6 Å². The first-order chi connectivity index (χ1) is 8.43. The van der Waals surface area contributed by atoms with Crippen molar-refractivity contribution in [2.75, 3.05) is 13.2 Å². The van der Waals surface area contributed by atoms with Crippen LogP contribution in [0.3, 0.4) is 0 Å². The quantitative estimate of drug-likeness (QED) is 0.822. The van der Waals surface area contributed by atoms with Gasteiger partial charge in [0.1, 0.15) is 6.10 Å². The minimum absolute atomic E-state index is 0.133. The Bertz CT molecular complexity index is 321. The minimum Gasteiger partial charge on any atom is -0.370 e. The fraction of sp³-hybridized carbons (Fsp3) is 0.833. The molecule has 0 amide bonds. The summed E-state index contributed by atoms with van der Waals surface area (Å²) in [6.45, 7) is 1.93. The first kappa shape index (κ1) is 11.2. The van der Waals surface area contributed by atoms with Crippen molar-refractivity contribution in [1.29, 1.82) is 0 Å². The molecule has 94 valence electrons. The van der Waals surface area contributed by atoms with Gasteiger partial charge in [-0.1, -0.05) is 6.42 Å². The van der Waals surface area contributed by atoms with Gasteiger partial charge in [0.25, 0.3) is 0 Å². The normalized spacial score (nSPS) is 30.4. The van der Waals surface area contributed by atoms with E-state index in [0.717, 1.165) is 37.6 Å². The third-order valence-corrected chi connectivity index (χ3v) is 3.63. The monoisotopic (exact) mass is 236 g/mol. The van der Waals surface area contributed by atoms with Gasteiger partial charge in [0, 0.05) is 6.61 Å². The summed E-state index contributed by atoms with van der Waals surface area (Å²) in [7, 11) is 0. The smallest absolute Gasteiger partial charge is 0.167 e. The van der Waals surface area contributed by atoms with Crippen molar-refractivity contribution in [3.05, 3.63) is 11.6 Å². The van der Waals surface area contributed by atoms with Crippen molar-refractivity contribution < 1.29 is 4.74 Å². The molecule has 3 rings (SSSR count). The molecular weight excluding hydrogens is 216 g/mol. The van der Waals surface area contributed by atoms with Gasteiger partial charge in [-0.2, -0.15) is 5.10 Å². The van der Waals surface area contributed by atoms with E-state index in [9.17, 15) is 0 Å². The van der Waals surface area contributed by atoms with E-state index in [4.69, 9.17) is 4.74 Å². The Labute approximate surface area is 101 Å². The number of aromatic nitrogens is 3. The molecule has 3 heterocycles. The number of H-pyrrole nitrogens is 1. The second kappa shape index (κ2) is 5.14. The van der Waals surface area contributed by atoms with Gasteiger partial charge in [-0.15, -0.1) is 0 Å². The van der Waals surface area contributed by atoms with Crippen molar-refractivity contribution in [2.24, 2.45) is 0 Å². The number of hydrogen-bond donors (Lipinski definition) is 2. The molecule has 2 saturated heterocycles. The molecule has 2 atom stereocenters. The van der Waals surface area contributed by atoms with Crippen LogP contribution in [0.4, 0.5) is 0 Å². The van der Waals surface area contributed by atoms with Crippen LogP contribution in [0.2, 0.25) is 0 Å². The van der Waals surface area contributed by atoms with Crippen LogP contribution in [0, 0.1) is 0 Å². The molecule has 5 heteroatoms. The summed E-state index contributed by atoms with van der Waals surface area (Å²) >= 11 is 0. The zero-order valence-electron chi connectivity index (χ0n) is 10.1. The lowest BCUT2D eigenvalue weighted by atomic mass is 10.0. The molecule has 0 spiro atoms. The van der Waals surface area contributed by atoms with E-state index < -0.39 is 0 Å². The molecule has 1 aromatic heterocycles. The van der Waals surface area contributed by atoms with Gasteiger partial charge < -0.3 is 10.1 Å². The van der Waals surface area contributed by atoms with Gasteiger partial charge >= 0.3 is 0 Å². The summed E-state index contributed by atoms with van der Waals surface area (Å²) in [5, 5.41) is 10.8. The van der Waals surface area contributed by atoms with Crippen molar-refractivity contribution in [3.8, 4) is 0 Å². The fourth-order valence-corrected chi connectivity index (χ4v) is 2.62. The van der Waals surface area contributed by atoms with Crippen LogP contribution in [-0.2, 0) is 4.74 Å². The first-order valence-electron chi connectivity index (χ1n) is 6.70. The largest absolute Gasteiger partial charge is 0.370 e. The van der Waals surface area contributed by atoms with E-state index in [1.54, 1.807) is 0 Å². The molecule has 2 aliphatic rings. The Morgan fingerprint density at radius 1 is 1.12 bits per heavy atom. The van der Waals surface area contributed by atoms with Crippen molar-refractivity contribution in [3.63, 3.8) is 0 Å². The molecule has 0 aliphatic carbocycles. The van der Waals surface area contributed by atoms with E-state index in [1.807, 2.05) is 0 Å². The van der Waals surface area contributed by atoms with E-state index in [-0.39, 0.29) is 6.10 Å². The highest BCUT2D eigenvalue weighted by molar-refractivity contribution is 5.00. The molecule has 0 saturated carbocycles. The number of ether oxygens (including phenoxy) is 1. The third kappa shape index (κ3) is 2.50. The molecular formula is C12H20N4O. The lowest BCUT2D eigenvalue weighted by Gasteiger charge is -2.21. The number of piperidine rings is 1. The zero-order valence-corrected chi connectivity index (χ0v) is 10.1. The van der Waals surface area contributed by atoms with E-state index in [0.29, 0.717) is 6.04 Å². The highest BCUT2D eigenvalue weighted by atomic mass is 16.5. The number of rotatable bonds is 2. The molecule has 2 aliphatic heterocycles. The maximum absolute atomic E-state index is 5.71. The van der Waals surface area contributed by atoms with Gasteiger partial charge in [-0.05, 0) is 38.6 Å². The topological polar surface area (TPSA) is 62.8 Å². The molecule has 2 unspecified atom stereocenters. The Morgan fingerprint density at radius 3 is 2.82 bits per heavy atom. The van der Waals surface area contributed by atoms with Crippen LogP contribution in [0.25, 0.3) is 0 Å². The van der Waals surface area contributed by atoms with Gasteiger partial charge in [-0.25, -0.2) is 4.98 Å². The van der Waals surface area contributed by atoms with Crippen molar-refractivity contribution in [2.45, 2.75) is 50.7 Å². The van der Waals surface area contributed by atoms with Gasteiger partial charge in [0.05, 0.1) is 6.04 Å². The lowest BCUT2D eigenvalue weighted by Crippen LogP contribution is -2.27. The van der Waals surface area contributed by atoms with Crippen LogP contribution in [-0.4, -0.2) is 28.3 Å². The lowest BCUT2D eigenvalue weighted by molar-refractivity contribution is 0.00960. The zero-order chi connectivity index (χ0) is 11.5. The van der Waals surface area contributed by atoms with Crippen molar-refractivity contribution >= 4 is 0 Å². The van der Waals surface area contributed by atoms with Crippen LogP contribution in [0.5, 0.6) is 0 Å². The van der Waals surface area contributed by atoms with E-state index >= 15 is 0 Å². The average molecular weight is 236 g/mol. The van der Waals surface area contributed by atoms with E-state index in [2.05, 4.69) is 20.5 Å². The Morgan fingerprint density at radius 2 is 2.06 bits per heavy atom. The number of hydrogen-bond acceptors (Lipinski definition) is 4. The summed E-state index contributed by atoms with van der Waals surface area (Å²) < 4.78 is 5.71. The molecule has 0 aromatic carbocycles. The Hall–Kier alpha value is -0.940. The number of nitrogens with zero attached hydrogens (tertiary/aromatic N) is 2. The summed E-state index contributed by atoms with van der Waals surface area (Å²) in [5.41, 5.74) is 0. The minimum atomic E-state index is 0.133. The SMILES string of the molecule is C1CCC(c2n[nH]c(C3CCCCO3)n2)NC1. The molecule has 2 N–H and O–H groups in total. The van der Waals surface area contributed by atoms with Crippen molar-refractivity contribution in [1.82, 2.24) is 20.5 Å². The van der Waals surface area contributed by atoms with Crippen LogP contribution < -0.4 is 5.32 Å². The van der Waals surface area contributed by atoms with Crippen LogP contribution in [0.15, 0.2) is 0 Å². The maximum atomic E-state index is 5.71. The second-order valence-corrected chi connectivity index (χ2v) is 4.94.